The number of aromatic nitrogens is 2. The van der Waals surface area contributed by atoms with Gasteiger partial charge >= 0.3 is 0 Å². The normalized spacial score (nSPS) is 12.6. The maximum absolute atomic E-state index is 12.1. The van der Waals surface area contributed by atoms with Gasteiger partial charge in [-0.1, -0.05) is 84.9 Å². The minimum absolute atomic E-state index is 0.159. The standard InChI is InChI=1S/C23H16N2O3S.C19H14N2OS/c26-21-10-11-22(27)25(21)23-12-18-19(13-24-14-20(18)29-23)28-17-8-6-16(7-9-17)15-4-2-1-3-5-15;20-19-10-16-17(11-21-12-18(16)23-19)22-15-8-6-14(7-9-15)13-4-2-1-3-5-13/h1-9,12-14H,10-11H2;1-12H,20H2. The quantitative estimate of drug-likeness (QED) is 0.163. The molecule has 52 heavy (non-hydrogen) atoms. The van der Waals surface area contributed by atoms with Crippen LogP contribution in [-0.4, -0.2) is 21.8 Å². The number of carbonyl (C=O) groups is 2. The SMILES string of the molecule is Nc1cc2c(Oc3ccc(-c4ccccc4)cc3)cncc2s1.O=C1CCC(=O)N1c1cc2c(Oc3ccc(-c4ccccc4)cc3)cncc2s1. The van der Waals surface area contributed by atoms with Crippen LogP contribution in [0.2, 0.25) is 0 Å². The first-order chi connectivity index (χ1) is 25.5. The van der Waals surface area contributed by atoms with Crippen molar-refractivity contribution >= 4 is 64.7 Å². The number of benzene rings is 4. The van der Waals surface area contributed by atoms with Gasteiger partial charge in [-0.15, -0.1) is 22.7 Å². The van der Waals surface area contributed by atoms with E-state index < -0.39 is 0 Å². The highest BCUT2D eigenvalue weighted by atomic mass is 32.1. The molecule has 1 aliphatic rings. The zero-order chi connectivity index (χ0) is 35.4. The molecule has 8 aromatic rings. The lowest BCUT2D eigenvalue weighted by Crippen LogP contribution is -2.27. The van der Waals surface area contributed by atoms with E-state index >= 15 is 0 Å². The molecule has 0 saturated carbocycles. The lowest BCUT2D eigenvalue weighted by Gasteiger charge is -2.09. The molecule has 1 aliphatic heterocycles. The molecular weight excluding hydrogens is 689 g/mol. The maximum atomic E-state index is 12.1. The van der Waals surface area contributed by atoms with Crippen LogP contribution < -0.4 is 20.1 Å². The minimum Gasteiger partial charge on any atom is -0.455 e. The smallest absolute Gasteiger partial charge is 0.234 e. The highest BCUT2D eigenvalue weighted by Crippen LogP contribution is 2.40. The molecular formula is C42H30N4O4S2. The van der Waals surface area contributed by atoms with Gasteiger partial charge in [0.1, 0.15) is 16.5 Å². The predicted molar refractivity (Wildman–Crippen MR) is 209 cm³/mol. The van der Waals surface area contributed by atoms with E-state index in [-0.39, 0.29) is 24.7 Å². The largest absolute Gasteiger partial charge is 0.455 e. The van der Waals surface area contributed by atoms with Gasteiger partial charge in [-0.3, -0.25) is 19.6 Å². The van der Waals surface area contributed by atoms with Crippen molar-refractivity contribution in [2.75, 3.05) is 10.6 Å². The zero-order valence-electron chi connectivity index (χ0n) is 27.6. The Kier molecular flexibility index (Phi) is 9.14. The van der Waals surface area contributed by atoms with Gasteiger partial charge in [-0.2, -0.15) is 0 Å². The number of fused-ring (bicyclic) bond motifs is 2. The number of nitrogens with zero attached hydrogens (tertiary/aromatic N) is 3. The number of hydrogen-bond acceptors (Lipinski definition) is 9. The minimum atomic E-state index is -0.159. The molecule has 9 rings (SSSR count). The van der Waals surface area contributed by atoms with Crippen LogP contribution >= 0.6 is 22.7 Å². The lowest BCUT2D eigenvalue weighted by atomic mass is 10.1. The summed E-state index contributed by atoms with van der Waals surface area (Å²) in [5.74, 6) is 2.48. The molecule has 0 spiro atoms. The fourth-order valence-corrected chi connectivity index (χ4v) is 7.81. The van der Waals surface area contributed by atoms with E-state index in [9.17, 15) is 9.59 Å². The number of imide groups is 1. The highest BCUT2D eigenvalue weighted by Gasteiger charge is 2.31. The monoisotopic (exact) mass is 718 g/mol. The second-order valence-corrected chi connectivity index (χ2v) is 14.1. The van der Waals surface area contributed by atoms with E-state index in [0.29, 0.717) is 16.5 Å². The van der Waals surface area contributed by atoms with Gasteiger partial charge in [0.05, 0.1) is 26.8 Å². The molecule has 10 heteroatoms. The summed E-state index contributed by atoms with van der Waals surface area (Å²) in [6, 6.07) is 40.1. The van der Waals surface area contributed by atoms with Crippen LogP contribution in [0.3, 0.4) is 0 Å². The van der Waals surface area contributed by atoms with Crippen molar-refractivity contribution in [3.8, 4) is 45.3 Å². The summed E-state index contributed by atoms with van der Waals surface area (Å²) in [5.41, 5.74) is 10.5. The number of nitrogens with two attached hydrogens (primary N) is 1. The predicted octanol–water partition coefficient (Wildman–Crippen LogP) is 10.7. The van der Waals surface area contributed by atoms with Crippen LogP contribution in [0.1, 0.15) is 12.8 Å². The van der Waals surface area contributed by atoms with Gasteiger partial charge in [0.15, 0.2) is 11.5 Å². The van der Waals surface area contributed by atoms with Crippen LogP contribution in [0, 0.1) is 0 Å². The Morgan fingerprint density at radius 3 is 1.48 bits per heavy atom. The number of carbonyl (C=O) groups excluding carboxylic acids is 2. The molecule has 0 bridgehead atoms. The molecule has 1 saturated heterocycles. The van der Waals surface area contributed by atoms with Gasteiger partial charge in [0.2, 0.25) is 11.8 Å². The molecule has 254 valence electrons. The van der Waals surface area contributed by atoms with Crippen LogP contribution in [0.5, 0.6) is 23.0 Å². The van der Waals surface area contributed by atoms with Crippen LogP contribution in [0.25, 0.3) is 42.4 Å². The Morgan fingerprint density at radius 1 is 0.538 bits per heavy atom. The first kappa shape index (κ1) is 32.8. The summed E-state index contributed by atoms with van der Waals surface area (Å²) >= 11 is 2.88. The molecule has 2 N–H and O–H groups in total. The van der Waals surface area contributed by atoms with Gasteiger partial charge in [-0.05, 0) is 58.7 Å². The Morgan fingerprint density at radius 2 is 0.981 bits per heavy atom. The second-order valence-electron chi connectivity index (χ2n) is 11.9. The summed E-state index contributed by atoms with van der Waals surface area (Å²) in [5, 5.41) is 3.20. The molecule has 1 fully saturated rings. The molecule has 8 nitrogen and oxygen atoms in total. The number of anilines is 2. The van der Waals surface area contributed by atoms with Crippen molar-refractivity contribution in [3.05, 3.63) is 146 Å². The van der Waals surface area contributed by atoms with Gasteiger partial charge in [-0.25, -0.2) is 4.90 Å². The fraction of sp³-hybridized carbons (Fsp3) is 0.0476. The summed E-state index contributed by atoms with van der Waals surface area (Å²) in [6.45, 7) is 0. The van der Waals surface area contributed by atoms with E-state index in [4.69, 9.17) is 15.2 Å². The summed E-state index contributed by atoms with van der Waals surface area (Å²) in [7, 11) is 0. The molecule has 0 radical (unpaired) electrons. The van der Waals surface area contributed by atoms with Gasteiger partial charge < -0.3 is 15.2 Å². The van der Waals surface area contributed by atoms with Crippen LogP contribution in [0.15, 0.2) is 146 Å². The van der Waals surface area contributed by atoms with E-state index in [2.05, 4.69) is 46.4 Å². The van der Waals surface area contributed by atoms with E-state index in [0.717, 1.165) is 53.4 Å². The Bertz CT molecular complexity index is 2500. The summed E-state index contributed by atoms with van der Waals surface area (Å²) < 4.78 is 13.9. The van der Waals surface area contributed by atoms with Gasteiger partial charge in [0.25, 0.3) is 0 Å². The summed E-state index contributed by atoms with van der Waals surface area (Å²) in [6.07, 6.45) is 7.43. The number of amides is 2. The average molecular weight is 719 g/mol. The molecule has 0 aliphatic carbocycles. The van der Waals surface area contributed by atoms with E-state index in [1.54, 1.807) is 18.6 Å². The first-order valence-corrected chi connectivity index (χ1v) is 18.1. The Labute approximate surface area is 307 Å². The molecule has 4 aromatic heterocycles. The molecule has 5 heterocycles. The highest BCUT2D eigenvalue weighted by molar-refractivity contribution is 7.23. The van der Waals surface area contributed by atoms with Crippen molar-refractivity contribution in [1.29, 1.82) is 0 Å². The van der Waals surface area contributed by atoms with E-state index in [1.165, 1.54) is 33.1 Å². The Balaban J connectivity index is 0.000000153. The van der Waals surface area contributed by atoms with Crippen LogP contribution in [-0.2, 0) is 9.59 Å². The third-order valence-corrected chi connectivity index (χ3v) is 10.4. The second kappa shape index (κ2) is 14.5. The number of hydrogen-bond donors (Lipinski definition) is 1. The molecule has 2 amide bonds. The Hall–Kier alpha value is -6.36. The molecule has 0 unspecified atom stereocenters. The van der Waals surface area contributed by atoms with Crippen molar-refractivity contribution in [2.24, 2.45) is 0 Å². The number of rotatable bonds is 7. The van der Waals surface area contributed by atoms with Crippen LogP contribution in [0.4, 0.5) is 10.0 Å². The lowest BCUT2D eigenvalue weighted by molar-refractivity contribution is -0.121. The first-order valence-electron chi connectivity index (χ1n) is 16.5. The number of thiophene rings is 2. The summed E-state index contributed by atoms with van der Waals surface area (Å²) in [4.78, 5) is 33.8. The van der Waals surface area contributed by atoms with Crippen molar-refractivity contribution in [2.45, 2.75) is 12.8 Å². The van der Waals surface area contributed by atoms with Crippen molar-refractivity contribution in [1.82, 2.24) is 9.97 Å². The number of nitrogen functional groups attached to an aromatic ring is 1. The fourth-order valence-electron chi connectivity index (χ4n) is 5.92. The third-order valence-electron chi connectivity index (χ3n) is 8.48. The average Bonchev–Trinajstić information content (AvgIpc) is 3.89. The topological polar surface area (TPSA) is 108 Å². The molecule has 4 aromatic carbocycles. The maximum Gasteiger partial charge on any atom is 0.234 e. The molecule has 0 atom stereocenters. The third kappa shape index (κ3) is 6.98. The van der Waals surface area contributed by atoms with Gasteiger partial charge in [0, 0.05) is 36.0 Å². The number of ether oxygens (including phenoxy) is 2. The van der Waals surface area contributed by atoms with Crippen molar-refractivity contribution in [3.63, 3.8) is 0 Å². The number of pyridine rings is 2. The zero-order valence-corrected chi connectivity index (χ0v) is 29.3. The van der Waals surface area contributed by atoms with E-state index in [1.807, 2.05) is 91.1 Å². The van der Waals surface area contributed by atoms with Crippen molar-refractivity contribution < 1.29 is 19.1 Å².